The quantitative estimate of drug-likeness (QED) is 0.781. The van der Waals surface area contributed by atoms with Gasteiger partial charge in [0.2, 0.25) is 0 Å². The summed E-state index contributed by atoms with van der Waals surface area (Å²) in [5.74, 6) is 0. The molecule has 1 saturated heterocycles. The zero-order valence-corrected chi connectivity index (χ0v) is 13.6. The lowest BCUT2D eigenvalue weighted by molar-refractivity contribution is 0.209. The second-order valence-corrected chi connectivity index (χ2v) is 6.19. The van der Waals surface area contributed by atoms with Crippen molar-refractivity contribution < 1.29 is 9.90 Å². The van der Waals surface area contributed by atoms with E-state index in [-0.39, 0.29) is 0 Å². The average molecular weight is 325 g/mol. The topological polar surface area (TPSA) is 64.6 Å². The van der Waals surface area contributed by atoms with Crippen molar-refractivity contribution in [1.29, 1.82) is 0 Å². The summed E-state index contributed by atoms with van der Waals surface area (Å²) in [5, 5.41) is 14.6. The number of amides is 1. The molecule has 3 rings (SSSR count). The van der Waals surface area contributed by atoms with Crippen LogP contribution in [0, 0.1) is 0 Å². The fourth-order valence-corrected chi connectivity index (χ4v) is 3.09. The van der Waals surface area contributed by atoms with Crippen LogP contribution in [0.3, 0.4) is 0 Å². The molecule has 1 aliphatic heterocycles. The van der Waals surface area contributed by atoms with Gasteiger partial charge in [-0.25, -0.2) is 4.79 Å². The van der Waals surface area contributed by atoms with Gasteiger partial charge in [0.25, 0.3) is 0 Å². The molecule has 0 saturated carbocycles. The maximum absolute atomic E-state index is 10.6. The molecule has 0 radical (unpaired) electrons. The van der Waals surface area contributed by atoms with E-state index in [4.69, 9.17) is 5.11 Å². The maximum Gasteiger partial charge on any atom is 0.409 e. The number of hydrogen-bond donors (Lipinski definition) is 3. The predicted octanol–water partition coefficient (Wildman–Crippen LogP) is 3.85. The van der Waals surface area contributed by atoms with E-state index >= 15 is 0 Å². The summed E-state index contributed by atoms with van der Waals surface area (Å²) >= 11 is 0. The zero-order chi connectivity index (χ0) is 16.8. The Kier molecular flexibility index (Phi) is 5.33. The summed E-state index contributed by atoms with van der Waals surface area (Å²) in [6, 6.07) is 18.4. The molecule has 5 heteroatoms. The third-order valence-electron chi connectivity index (χ3n) is 4.34. The van der Waals surface area contributed by atoms with Crippen LogP contribution < -0.4 is 10.6 Å². The van der Waals surface area contributed by atoms with Gasteiger partial charge >= 0.3 is 6.09 Å². The third kappa shape index (κ3) is 4.73. The summed E-state index contributed by atoms with van der Waals surface area (Å²) in [4.78, 5) is 13.1. The van der Waals surface area contributed by atoms with Gasteiger partial charge in [-0.1, -0.05) is 30.3 Å². The van der Waals surface area contributed by atoms with Crippen LogP contribution in [-0.4, -0.2) is 35.2 Å². The van der Waals surface area contributed by atoms with Gasteiger partial charge in [0, 0.05) is 37.1 Å². The average Bonchev–Trinajstić information content (AvgIpc) is 2.59. The summed E-state index contributed by atoms with van der Waals surface area (Å²) in [7, 11) is 0. The second kappa shape index (κ2) is 7.84. The monoisotopic (exact) mass is 325 g/mol. The van der Waals surface area contributed by atoms with E-state index in [9.17, 15) is 4.79 Å². The van der Waals surface area contributed by atoms with E-state index in [1.165, 1.54) is 5.56 Å². The standard InChI is InChI=1S/C19H23N3O2/c23-19(24)21-17-8-6-16(7-9-17)20-18-10-12-22(13-11-18)14-15-4-2-1-3-5-15/h1-9,18,20-21H,10-14H2,(H,23,24). The molecule has 1 amide bonds. The number of anilines is 2. The highest BCUT2D eigenvalue weighted by molar-refractivity contribution is 5.83. The highest BCUT2D eigenvalue weighted by atomic mass is 16.4. The van der Waals surface area contributed by atoms with Gasteiger partial charge in [0.05, 0.1) is 0 Å². The molecule has 126 valence electrons. The van der Waals surface area contributed by atoms with Crippen LogP contribution in [0.4, 0.5) is 16.2 Å². The Balaban J connectivity index is 1.46. The number of piperidine rings is 1. The van der Waals surface area contributed by atoms with Crippen molar-refractivity contribution in [1.82, 2.24) is 4.90 Å². The van der Waals surface area contributed by atoms with E-state index < -0.39 is 6.09 Å². The molecule has 2 aromatic carbocycles. The molecule has 0 atom stereocenters. The van der Waals surface area contributed by atoms with Gasteiger partial charge in [-0.3, -0.25) is 10.2 Å². The van der Waals surface area contributed by atoms with Crippen molar-refractivity contribution in [2.24, 2.45) is 0 Å². The number of nitrogens with one attached hydrogen (secondary N) is 2. The van der Waals surface area contributed by atoms with Crippen LogP contribution in [0.1, 0.15) is 18.4 Å². The second-order valence-electron chi connectivity index (χ2n) is 6.19. The summed E-state index contributed by atoms with van der Waals surface area (Å²) in [6.07, 6.45) is 1.19. The molecule has 1 fully saturated rings. The normalized spacial score (nSPS) is 15.8. The Morgan fingerprint density at radius 1 is 1.00 bits per heavy atom. The fraction of sp³-hybridized carbons (Fsp3) is 0.316. The molecular weight excluding hydrogens is 302 g/mol. The molecule has 1 aliphatic rings. The van der Waals surface area contributed by atoms with Crippen molar-refractivity contribution in [3.8, 4) is 0 Å². The van der Waals surface area contributed by atoms with E-state index in [2.05, 4.69) is 45.9 Å². The van der Waals surface area contributed by atoms with Crippen molar-refractivity contribution in [2.45, 2.75) is 25.4 Å². The van der Waals surface area contributed by atoms with Crippen LogP contribution >= 0.6 is 0 Å². The minimum atomic E-state index is -1.04. The SMILES string of the molecule is O=C(O)Nc1ccc(NC2CCN(Cc3ccccc3)CC2)cc1. The zero-order valence-electron chi connectivity index (χ0n) is 13.6. The molecule has 3 N–H and O–H groups in total. The number of rotatable bonds is 5. The summed E-state index contributed by atoms with van der Waals surface area (Å²) in [5.41, 5.74) is 2.99. The molecule has 0 aromatic heterocycles. The lowest BCUT2D eigenvalue weighted by Gasteiger charge is -2.33. The van der Waals surface area contributed by atoms with Crippen LogP contribution in [0.5, 0.6) is 0 Å². The first kappa shape index (κ1) is 16.3. The largest absolute Gasteiger partial charge is 0.465 e. The minimum absolute atomic E-state index is 0.468. The number of nitrogens with zero attached hydrogens (tertiary/aromatic N) is 1. The first-order valence-corrected chi connectivity index (χ1v) is 8.32. The van der Waals surface area contributed by atoms with Gasteiger partial charge in [-0.05, 0) is 42.7 Å². The minimum Gasteiger partial charge on any atom is -0.465 e. The Hall–Kier alpha value is -2.53. The van der Waals surface area contributed by atoms with Gasteiger partial charge < -0.3 is 10.4 Å². The first-order valence-electron chi connectivity index (χ1n) is 8.32. The third-order valence-corrected chi connectivity index (χ3v) is 4.34. The molecule has 2 aromatic rings. The molecule has 5 nitrogen and oxygen atoms in total. The van der Waals surface area contributed by atoms with Gasteiger partial charge in [0.15, 0.2) is 0 Å². The lowest BCUT2D eigenvalue weighted by Crippen LogP contribution is -2.38. The number of carbonyl (C=O) groups is 1. The fourth-order valence-electron chi connectivity index (χ4n) is 3.09. The van der Waals surface area contributed by atoms with Crippen LogP contribution in [0.15, 0.2) is 54.6 Å². The van der Waals surface area contributed by atoms with E-state index in [1.54, 1.807) is 12.1 Å². The van der Waals surface area contributed by atoms with Crippen molar-refractivity contribution in [3.63, 3.8) is 0 Å². The molecule has 1 heterocycles. The Morgan fingerprint density at radius 3 is 2.25 bits per heavy atom. The van der Waals surface area contributed by atoms with Crippen molar-refractivity contribution in [2.75, 3.05) is 23.7 Å². The van der Waals surface area contributed by atoms with Gasteiger partial charge in [-0.15, -0.1) is 0 Å². The number of benzene rings is 2. The predicted molar refractivity (Wildman–Crippen MR) is 96.5 cm³/mol. The Morgan fingerprint density at radius 2 is 1.62 bits per heavy atom. The molecule has 0 bridgehead atoms. The van der Waals surface area contributed by atoms with Crippen LogP contribution in [-0.2, 0) is 6.54 Å². The number of carboxylic acid groups (broad SMARTS) is 1. The highest BCUT2D eigenvalue weighted by Crippen LogP contribution is 2.20. The van der Waals surface area contributed by atoms with Crippen LogP contribution in [0.2, 0.25) is 0 Å². The van der Waals surface area contributed by atoms with E-state index in [1.807, 2.05) is 12.1 Å². The molecular formula is C19H23N3O2. The number of hydrogen-bond acceptors (Lipinski definition) is 3. The summed E-state index contributed by atoms with van der Waals surface area (Å²) in [6.45, 7) is 3.19. The van der Waals surface area contributed by atoms with Crippen molar-refractivity contribution >= 4 is 17.5 Å². The molecule has 0 aliphatic carbocycles. The van der Waals surface area contributed by atoms with Gasteiger partial charge in [0.1, 0.15) is 0 Å². The van der Waals surface area contributed by atoms with Crippen molar-refractivity contribution in [3.05, 3.63) is 60.2 Å². The van der Waals surface area contributed by atoms with E-state index in [0.29, 0.717) is 11.7 Å². The molecule has 24 heavy (non-hydrogen) atoms. The van der Waals surface area contributed by atoms with Gasteiger partial charge in [-0.2, -0.15) is 0 Å². The lowest BCUT2D eigenvalue weighted by atomic mass is 10.0. The molecule has 0 spiro atoms. The highest BCUT2D eigenvalue weighted by Gasteiger charge is 2.19. The Bertz CT molecular complexity index is 650. The summed E-state index contributed by atoms with van der Waals surface area (Å²) < 4.78 is 0. The smallest absolute Gasteiger partial charge is 0.409 e. The molecule has 0 unspecified atom stereocenters. The first-order chi connectivity index (χ1) is 11.7. The van der Waals surface area contributed by atoms with Crippen LogP contribution in [0.25, 0.3) is 0 Å². The maximum atomic E-state index is 10.6. The van der Waals surface area contributed by atoms with E-state index in [0.717, 1.165) is 38.2 Å². The number of likely N-dealkylation sites (tertiary alicyclic amines) is 1. The Labute approximate surface area is 142 Å².